The molecule has 2 saturated heterocycles. The minimum absolute atomic E-state index is 0.0889. The van der Waals surface area contributed by atoms with E-state index in [2.05, 4.69) is 60.3 Å². The normalized spacial score (nSPS) is 22.4. The molecule has 2 aliphatic heterocycles. The predicted octanol–water partition coefficient (Wildman–Crippen LogP) is 6.75. The summed E-state index contributed by atoms with van der Waals surface area (Å²) in [6.45, 7) is 9.07. The number of nitrogens with zero attached hydrogens (tertiary/aromatic N) is 2. The second-order valence-electron chi connectivity index (χ2n) is 9.50. The molecule has 1 N–H and O–H groups in total. The number of hydrogen-bond donors (Lipinski definition) is 1. The first-order valence-corrected chi connectivity index (χ1v) is 12.4. The third kappa shape index (κ3) is 5.57. The van der Waals surface area contributed by atoms with Gasteiger partial charge in [0.05, 0.1) is 16.8 Å². The van der Waals surface area contributed by atoms with Crippen molar-refractivity contribution in [1.82, 2.24) is 9.80 Å². The van der Waals surface area contributed by atoms with Gasteiger partial charge in [-0.3, -0.25) is 4.90 Å². The Labute approximate surface area is 197 Å². The van der Waals surface area contributed by atoms with E-state index in [1.54, 1.807) is 0 Å². The van der Waals surface area contributed by atoms with Gasteiger partial charge in [0.1, 0.15) is 0 Å². The predicted molar refractivity (Wildman–Crippen MR) is 134 cm³/mol. The van der Waals surface area contributed by atoms with Gasteiger partial charge in [0.25, 0.3) is 0 Å². The summed E-state index contributed by atoms with van der Waals surface area (Å²) in [6.07, 6.45) is 5.13. The molecular weight excluding hydrogens is 425 g/mol. The number of benzene rings is 2. The van der Waals surface area contributed by atoms with Crippen molar-refractivity contribution in [3.8, 4) is 0 Å². The van der Waals surface area contributed by atoms with Crippen LogP contribution in [0.5, 0.6) is 0 Å². The van der Waals surface area contributed by atoms with Crippen molar-refractivity contribution in [2.24, 2.45) is 0 Å². The van der Waals surface area contributed by atoms with Gasteiger partial charge in [0, 0.05) is 17.6 Å². The first-order chi connectivity index (χ1) is 14.9. The number of likely N-dealkylation sites (tertiary alicyclic amines) is 2. The largest absolute Gasteiger partial charge is 0.377 e. The average molecular weight is 460 g/mol. The van der Waals surface area contributed by atoms with Crippen molar-refractivity contribution in [3.63, 3.8) is 0 Å². The molecule has 0 saturated carbocycles. The first-order valence-electron chi connectivity index (χ1n) is 11.7. The van der Waals surface area contributed by atoms with Crippen LogP contribution in [0.2, 0.25) is 10.0 Å². The number of hydrogen-bond acceptors (Lipinski definition) is 3. The van der Waals surface area contributed by atoms with Crippen LogP contribution in [0.4, 0.5) is 5.69 Å². The van der Waals surface area contributed by atoms with E-state index in [9.17, 15) is 0 Å². The molecule has 3 nitrogen and oxygen atoms in total. The van der Waals surface area contributed by atoms with Gasteiger partial charge >= 0.3 is 0 Å². The zero-order chi connectivity index (χ0) is 22.0. The van der Waals surface area contributed by atoms with Crippen LogP contribution in [-0.2, 0) is 0 Å². The molecule has 2 aromatic carbocycles. The van der Waals surface area contributed by atoms with Crippen LogP contribution in [0, 0.1) is 6.92 Å². The molecule has 31 heavy (non-hydrogen) atoms. The van der Waals surface area contributed by atoms with Crippen LogP contribution < -0.4 is 5.32 Å². The molecule has 2 fully saturated rings. The number of halogens is 2. The number of aryl methyl sites for hydroxylation is 1. The fraction of sp³-hybridized carbons (Fsp3) is 0.538. The number of likely N-dealkylation sites (N-methyl/N-ethyl adjacent to an activating group) is 1. The van der Waals surface area contributed by atoms with Gasteiger partial charge in [-0.25, -0.2) is 0 Å². The smallest absolute Gasteiger partial charge is 0.0637 e. The highest BCUT2D eigenvalue weighted by Gasteiger charge is 2.28. The molecule has 0 aromatic heterocycles. The molecule has 2 heterocycles. The molecule has 4 rings (SSSR count). The summed E-state index contributed by atoms with van der Waals surface area (Å²) in [7, 11) is 2.26. The fourth-order valence-corrected chi connectivity index (χ4v) is 5.81. The summed E-state index contributed by atoms with van der Waals surface area (Å²) in [4.78, 5) is 5.21. The molecule has 2 aromatic rings. The Hall–Kier alpha value is -1.26. The second kappa shape index (κ2) is 10.1. The Kier molecular flexibility index (Phi) is 7.48. The third-order valence-electron chi connectivity index (χ3n) is 7.10. The summed E-state index contributed by atoms with van der Waals surface area (Å²) in [5, 5.41) is 5.16. The summed E-state index contributed by atoms with van der Waals surface area (Å²) in [5.74, 6) is 0.605. The standard InChI is InChI=1S/C26H35Cl2N3/c1-18-6-8-23(25(28)15-18)19(2)29-26-16-21(7-9-24(26)27)20-10-13-31(14-11-20)22-5-4-12-30(3)17-22/h6-9,15-16,19-20,22,29H,4-5,10-14,17H2,1-3H3/t19?,22-/m0/s1. The van der Waals surface area contributed by atoms with E-state index in [1.165, 1.54) is 63.0 Å². The zero-order valence-corrected chi connectivity index (χ0v) is 20.5. The van der Waals surface area contributed by atoms with Crippen LogP contribution >= 0.6 is 23.2 Å². The van der Waals surface area contributed by atoms with E-state index in [0.717, 1.165) is 27.3 Å². The summed E-state index contributed by atoms with van der Waals surface area (Å²) in [5.41, 5.74) is 4.67. The van der Waals surface area contributed by atoms with Crippen molar-refractivity contribution < 1.29 is 0 Å². The lowest BCUT2D eigenvalue weighted by atomic mass is 9.88. The minimum atomic E-state index is 0.0889. The summed E-state index contributed by atoms with van der Waals surface area (Å²) >= 11 is 13.1. The lowest BCUT2D eigenvalue weighted by Gasteiger charge is -2.41. The molecule has 0 spiro atoms. The highest BCUT2D eigenvalue weighted by molar-refractivity contribution is 6.33. The highest BCUT2D eigenvalue weighted by atomic mass is 35.5. The van der Waals surface area contributed by atoms with Gasteiger partial charge in [-0.1, -0.05) is 41.4 Å². The van der Waals surface area contributed by atoms with E-state index in [0.29, 0.717) is 5.92 Å². The van der Waals surface area contributed by atoms with Crippen LogP contribution in [-0.4, -0.2) is 49.1 Å². The molecule has 168 valence electrons. The zero-order valence-electron chi connectivity index (χ0n) is 19.0. The van der Waals surface area contributed by atoms with Gasteiger partial charge in [-0.05, 0) is 107 Å². The van der Waals surface area contributed by atoms with Crippen molar-refractivity contribution in [2.75, 3.05) is 38.5 Å². The maximum atomic E-state index is 6.56. The minimum Gasteiger partial charge on any atom is -0.377 e. The van der Waals surface area contributed by atoms with Crippen molar-refractivity contribution in [1.29, 1.82) is 0 Å². The first kappa shape index (κ1) is 22.9. The average Bonchev–Trinajstić information content (AvgIpc) is 2.75. The van der Waals surface area contributed by atoms with Crippen molar-refractivity contribution >= 4 is 28.9 Å². The highest BCUT2D eigenvalue weighted by Crippen LogP contribution is 2.35. The molecule has 5 heteroatoms. The lowest BCUT2D eigenvalue weighted by molar-refractivity contribution is 0.0891. The van der Waals surface area contributed by atoms with Crippen LogP contribution in [0.1, 0.15) is 61.3 Å². The molecule has 0 aliphatic carbocycles. The molecule has 2 aliphatic rings. The quantitative estimate of drug-likeness (QED) is 0.533. The number of anilines is 1. The van der Waals surface area contributed by atoms with Crippen molar-refractivity contribution in [2.45, 2.75) is 57.5 Å². The van der Waals surface area contributed by atoms with Crippen LogP contribution in [0.15, 0.2) is 36.4 Å². The number of nitrogens with one attached hydrogen (secondary N) is 1. The Balaban J connectivity index is 1.41. The molecule has 0 amide bonds. The molecule has 1 unspecified atom stereocenters. The molecular formula is C26H35Cl2N3. The van der Waals surface area contributed by atoms with E-state index >= 15 is 0 Å². The maximum absolute atomic E-state index is 6.56. The van der Waals surface area contributed by atoms with Crippen molar-refractivity contribution in [3.05, 3.63) is 63.1 Å². The Morgan fingerprint density at radius 3 is 2.45 bits per heavy atom. The fourth-order valence-electron chi connectivity index (χ4n) is 5.24. The van der Waals surface area contributed by atoms with Gasteiger partial charge in [-0.2, -0.15) is 0 Å². The van der Waals surface area contributed by atoms with E-state index < -0.39 is 0 Å². The third-order valence-corrected chi connectivity index (χ3v) is 7.76. The summed E-state index contributed by atoms with van der Waals surface area (Å²) < 4.78 is 0. The topological polar surface area (TPSA) is 18.5 Å². The van der Waals surface area contributed by atoms with Crippen LogP contribution in [0.25, 0.3) is 0 Å². The van der Waals surface area contributed by atoms with Gasteiger partial charge in [-0.15, -0.1) is 0 Å². The SMILES string of the molecule is Cc1ccc(C(C)Nc2cc(C3CCN([C@H]4CCCN(C)C4)CC3)ccc2Cl)c(Cl)c1. The maximum Gasteiger partial charge on any atom is 0.0637 e. The Morgan fingerprint density at radius 1 is 0.968 bits per heavy atom. The Bertz CT molecular complexity index is 892. The van der Waals surface area contributed by atoms with Gasteiger partial charge < -0.3 is 10.2 Å². The number of rotatable bonds is 5. The molecule has 0 bridgehead atoms. The Morgan fingerprint density at radius 2 is 1.74 bits per heavy atom. The monoisotopic (exact) mass is 459 g/mol. The van der Waals surface area contributed by atoms with E-state index in [4.69, 9.17) is 23.2 Å². The summed E-state index contributed by atoms with van der Waals surface area (Å²) in [6, 6.07) is 13.6. The van der Waals surface area contributed by atoms with E-state index in [-0.39, 0.29) is 6.04 Å². The molecule has 2 atom stereocenters. The van der Waals surface area contributed by atoms with Gasteiger partial charge in [0.2, 0.25) is 0 Å². The van der Waals surface area contributed by atoms with E-state index in [1.807, 2.05) is 12.1 Å². The second-order valence-corrected chi connectivity index (χ2v) is 10.3. The lowest BCUT2D eigenvalue weighted by Crippen LogP contribution is -2.49. The molecule has 0 radical (unpaired) electrons. The van der Waals surface area contributed by atoms with Gasteiger partial charge in [0.15, 0.2) is 0 Å². The van der Waals surface area contributed by atoms with Crippen LogP contribution in [0.3, 0.4) is 0 Å². The number of piperidine rings is 2.